The summed E-state index contributed by atoms with van der Waals surface area (Å²) >= 11 is 0. The zero-order valence-electron chi connectivity index (χ0n) is 24.1. The highest BCUT2D eigenvalue weighted by atomic mass is 16.5. The number of fused-ring (bicyclic) bond motifs is 1. The van der Waals surface area contributed by atoms with Gasteiger partial charge in [-0.25, -0.2) is 0 Å². The van der Waals surface area contributed by atoms with E-state index in [2.05, 4.69) is 24.5 Å². The quantitative estimate of drug-likeness (QED) is 0.426. The Morgan fingerprint density at radius 2 is 1.90 bits per heavy atom. The second kappa shape index (κ2) is 12.4. The molecule has 0 radical (unpaired) electrons. The number of carbonyl (C=O) groups excluding carboxylic acids is 3. The average molecular weight is 557 g/mol. The lowest BCUT2D eigenvalue weighted by atomic mass is 9.80. The van der Waals surface area contributed by atoms with E-state index in [0.29, 0.717) is 56.4 Å². The third-order valence-corrected chi connectivity index (χ3v) is 8.80. The molecule has 0 aromatic heterocycles. The Labute approximate surface area is 237 Å². The maximum atomic E-state index is 14.0. The molecule has 220 valence electrons. The molecule has 3 fully saturated rings. The molecule has 1 aromatic rings. The highest BCUT2D eigenvalue weighted by Gasteiger charge is 2.41. The first kappa shape index (κ1) is 28.8. The predicted octanol–water partition coefficient (Wildman–Crippen LogP) is 2.49. The summed E-state index contributed by atoms with van der Waals surface area (Å²) in [6.07, 6.45) is 4.99. The van der Waals surface area contributed by atoms with Crippen molar-refractivity contribution in [2.75, 3.05) is 63.0 Å². The number of piperidine rings is 1. The zero-order chi connectivity index (χ0) is 28.3. The van der Waals surface area contributed by atoms with Crippen LogP contribution < -0.4 is 25.2 Å². The van der Waals surface area contributed by atoms with Crippen LogP contribution in [-0.2, 0) is 23.9 Å². The van der Waals surface area contributed by atoms with Gasteiger partial charge in [0.25, 0.3) is 5.91 Å². The van der Waals surface area contributed by atoms with E-state index in [1.165, 1.54) is 0 Å². The Kier molecular flexibility index (Phi) is 8.97. The molecule has 0 spiro atoms. The fraction of sp³-hybridized carbons (Fsp3) is 0.700. The van der Waals surface area contributed by atoms with Crippen LogP contribution in [0, 0.1) is 17.8 Å². The number of anilines is 2. The van der Waals surface area contributed by atoms with Gasteiger partial charge in [0, 0.05) is 63.8 Å². The van der Waals surface area contributed by atoms with Crippen molar-refractivity contribution in [3.05, 3.63) is 18.2 Å². The zero-order valence-corrected chi connectivity index (χ0v) is 24.1. The number of hydrogen-bond acceptors (Lipinski definition) is 7. The molecule has 1 saturated carbocycles. The molecular weight excluding hydrogens is 512 g/mol. The van der Waals surface area contributed by atoms with Gasteiger partial charge in [-0.15, -0.1) is 0 Å². The van der Waals surface area contributed by atoms with E-state index in [1.54, 1.807) is 12.0 Å². The van der Waals surface area contributed by atoms with Crippen molar-refractivity contribution in [1.29, 1.82) is 0 Å². The van der Waals surface area contributed by atoms with Gasteiger partial charge in [0.2, 0.25) is 11.8 Å². The topological polar surface area (TPSA) is 109 Å². The fourth-order valence-electron chi connectivity index (χ4n) is 6.27. The maximum Gasteiger partial charge on any atom is 0.265 e. The first-order valence-corrected chi connectivity index (χ1v) is 14.8. The van der Waals surface area contributed by atoms with Crippen molar-refractivity contribution >= 4 is 29.1 Å². The van der Waals surface area contributed by atoms with E-state index in [0.717, 1.165) is 44.6 Å². The molecule has 1 aliphatic carbocycles. The molecule has 5 rings (SSSR count). The Morgan fingerprint density at radius 3 is 2.62 bits per heavy atom. The smallest absolute Gasteiger partial charge is 0.265 e. The molecule has 40 heavy (non-hydrogen) atoms. The van der Waals surface area contributed by atoms with Crippen molar-refractivity contribution in [3.63, 3.8) is 0 Å². The minimum Gasteiger partial charge on any atom is -0.482 e. The van der Waals surface area contributed by atoms with E-state index in [1.807, 2.05) is 23.1 Å². The van der Waals surface area contributed by atoms with Crippen molar-refractivity contribution in [3.8, 4) is 5.75 Å². The van der Waals surface area contributed by atoms with Crippen LogP contribution in [0.3, 0.4) is 0 Å². The van der Waals surface area contributed by atoms with Crippen molar-refractivity contribution in [2.24, 2.45) is 17.8 Å². The fourth-order valence-corrected chi connectivity index (χ4v) is 6.27. The molecular formula is C30H44N4O6. The molecule has 4 aliphatic rings. The molecule has 3 aliphatic heterocycles. The highest BCUT2D eigenvalue weighted by molar-refractivity contribution is 6.01. The monoisotopic (exact) mass is 556 g/mol. The maximum absolute atomic E-state index is 14.0. The third kappa shape index (κ3) is 6.44. The molecule has 2 saturated heterocycles. The number of benzene rings is 1. The number of methoxy groups -OCH3 is 1. The van der Waals surface area contributed by atoms with Crippen LogP contribution in [0.1, 0.15) is 52.4 Å². The summed E-state index contributed by atoms with van der Waals surface area (Å²) in [4.78, 5) is 43.7. The summed E-state index contributed by atoms with van der Waals surface area (Å²) in [5, 5.41) is 6.65. The van der Waals surface area contributed by atoms with Crippen molar-refractivity contribution in [1.82, 2.24) is 10.6 Å². The van der Waals surface area contributed by atoms with Crippen LogP contribution in [0.2, 0.25) is 0 Å². The molecule has 1 aromatic carbocycles. The number of nitrogens with one attached hydrogen (secondary N) is 2. The molecule has 3 amide bonds. The summed E-state index contributed by atoms with van der Waals surface area (Å²) < 4.78 is 16.4. The van der Waals surface area contributed by atoms with Crippen molar-refractivity contribution in [2.45, 2.75) is 64.0 Å². The lowest BCUT2D eigenvalue weighted by molar-refractivity contribution is -0.130. The number of ether oxygens (including phenoxy) is 3. The largest absolute Gasteiger partial charge is 0.482 e. The first-order valence-electron chi connectivity index (χ1n) is 14.8. The Hall–Kier alpha value is -2.69. The van der Waals surface area contributed by atoms with Gasteiger partial charge in [0.05, 0.1) is 17.5 Å². The van der Waals surface area contributed by atoms with E-state index in [-0.39, 0.29) is 47.7 Å². The van der Waals surface area contributed by atoms with Crippen LogP contribution in [0.15, 0.2) is 18.2 Å². The Bertz CT molecular complexity index is 1080. The van der Waals surface area contributed by atoms with Crippen molar-refractivity contribution < 1.29 is 28.6 Å². The molecule has 10 heteroatoms. The SMILES string of the molecule is COCCCN1C(=O)COc2ccc(N(C(=O)[C@H]3CNCC(C(=O)NC(C)(C)C4CCOCC4)C3)C3CC3)cc21. The van der Waals surface area contributed by atoms with E-state index in [9.17, 15) is 14.4 Å². The first-order chi connectivity index (χ1) is 19.3. The molecule has 2 N–H and O–H groups in total. The summed E-state index contributed by atoms with van der Waals surface area (Å²) in [5.41, 5.74) is 1.14. The number of amides is 3. The number of hydrogen-bond donors (Lipinski definition) is 2. The lowest BCUT2D eigenvalue weighted by Crippen LogP contribution is -2.55. The van der Waals surface area contributed by atoms with Gasteiger partial charge in [-0.2, -0.15) is 0 Å². The van der Waals surface area contributed by atoms with Gasteiger partial charge < -0.3 is 34.6 Å². The summed E-state index contributed by atoms with van der Waals surface area (Å²) in [6, 6.07) is 5.81. The molecule has 10 nitrogen and oxygen atoms in total. The standard InChI is InChI=1S/C30H44N4O6/c1-30(2,22-9-13-39-14-10-22)32-28(36)20-15-21(18-31-17-20)29(37)34(23-5-6-23)24-7-8-26-25(16-24)33(11-4-12-38-3)27(35)19-40-26/h7-8,16,20-23,31H,4-6,9-15,17-19H2,1-3H3,(H,32,36)/t20?,21-/m1/s1. The van der Waals surface area contributed by atoms with Crippen LogP contribution in [-0.4, -0.2) is 82.5 Å². The van der Waals surface area contributed by atoms with Crippen LogP contribution >= 0.6 is 0 Å². The van der Waals surface area contributed by atoms with Crippen LogP contribution in [0.25, 0.3) is 0 Å². The lowest BCUT2D eigenvalue weighted by Gasteiger charge is -2.39. The number of carbonyl (C=O) groups is 3. The molecule has 1 unspecified atom stereocenters. The third-order valence-electron chi connectivity index (χ3n) is 8.80. The summed E-state index contributed by atoms with van der Waals surface area (Å²) in [6.45, 7) is 7.86. The van der Waals surface area contributed by atoms with Crippen LogP contribution in [0.5, 0.6) is 5.75 Å². The van der Waals surface area contributed by atoms with Gasteiger partial charge in [0.1, 0.15) is 5.75 Å². The normalized spacial score (nSPS) is 23.8. The second-order valence-corrected chi connectivity index (χ2v) is 12.2. The molecule has 2 atom stereocenters. The van der Waals surface area contributed by atoms with E-state index >= 15 is 0 Å². The van der Waals surface area contributed by atoms with Gasteiger partial charge in [-0.05, 0) is 76.5 Å². The highest BCUT2D eigenvalue weighted by Crippen LogP contribution is 2.40. The van der Waals surface area contributed by atoms with E-state index in [4.69, 9.17) is 14.2 Å². The Morgan fingerprint density at radius 1 is 1.15 bits per heavy atom. The molecule has 0 bridgehead atoms. The Balaban J connectivity index is 1.29. The average Bonchev–Trinajstić information content (AvgIpc) is 3.80. The number of nitrogens with zero attached hydrogens (tertiary/aromatic N) is 2. The predicted molar refractivity (Wildman–Crippen MR) is 152 cm³/mol. The summed E-state index contributed by atoms with van der Waals surface area (Å²) in [7, 11) is 1.65. The minimum atomic E-state index is -0.324. The van der Waals surface area contributed by atoms with Gasteiger partial charge in [-0.3, -0.25) is 14.4 Å². The van der Waals surface area contributed by atoms with Gasteiger partial charge >= 0.3 is 0 Å². The second-order valence-electron chi connectivity index (χ2n) is 12.2. The van der Waals surface area contributed by atoms with Gasteiger partial charge in [0.15, 0.2) is 6.61 Å². The molecule has 3 heterocycles. The number of rotatable bonds is 10. The summed E-state index contributed by atoms with van der Waals surface area (Å²) in [5.74, 6) is 0.391. The van der Waals surface area contributed by atoms with E-state index < -0.39 is 0 Å². The van der Waals surface area contributed by atoms with Gasteiger partial charge in [-0.1, -0.05) is 0 Å². The minimum absolute atomic E-state index is 0.00707. The van der Waals surface area contributed by atoms with Crippen LogP contribution in [0.4, 0.5) is 11.4 Å².